The van der Waals surface area contributed by atoms with Crippen molar-refractivity contribution in [1.82, 2.24) is 19.9 Å². The molecule has 0 saturated heterocycles. The largest absolute Gasteiger partial charge is 0.356 e. The van der Waals surface area contributed by atoms with Crippen LogP contribution in [0.3, 0.4) is 0 Å². The number of imidazole rings is 1. The number of benzene rings is 2. The van der Waals surface area contributed by atoms with Gasteiger partial charge >= 0.3 is 0 Å². The van der Waals surface area contributed by atoms with Crippen molar-refractivity contribution in [2.45, 2.75) is 32.2 Å². The summed E-state index contributed by atoms with van der Waals surface area (Å²) in [6.45, 7) is 1.39. The van der Waals surface area contributed by atoms with Gasteiger partial charge in [-0.15, -0.1) is 0 Å². The van der Waals surface area contributed by atoms with Crippen LogP contribution in [0.4, 0.5) is 0 Å². The number of fused-ring (bicyclic) bond motifs is 1. The van der Waals surface area contributed by atoms with Crippen molar-refractivity contribution < 1.29 is 4.79 Å². The number of aryl methyl sites for hydroxylation is 2. The third-order valence-corrected chi connectivity index (χ3v) is 5.15. The molecule has 0 fully saturated rings. The Morgan fingerprint density at radius 3 is 2.37 bits per heavy atom. The molecule has 5 heteroatoms. The lowest BCUT2D eigenvalue weighted by molar-refractivity contribution is -0.121. The number of nitrogens with one attached hydrogen (secondary N) is 1. The van der Waals surface area contributed by atoms with Gasteiger partial charge in [0.05, 0.1) is 6.54 Å². The van der Waals surface area contributed by atoms with E-state index in [9.17, 15) is 4.79 Å². The first kappa shape index (κ1) is 19.8. The van der Waals surface area contributed by atoms with E-state index in [-0.39, 0.29) is 5.91 Å². The van der Waals surface area contributed by atoms with E-state index in [1.54, 1.807) is 6.20 Å². The van der Waals surface area contributed by atoms with Crippen molar-refractivity contribution >= 4 is 17.1 Å². The normalized spacial score (nSPS) is 10.9. The van der Waals surface area contributed by atoms with Gasteiger partial charge < -0.3 is 9.88 Å². The lowest BCUT2D eigenvalue weighted by atomic mass is 10.1. The van der Waals surface area contributed by atoms with E-state index in [4.69, 9.17) is 4.98 Å². The van der Waals surface area contributed by atoms with Crippen molar-refractivity contribution in [3.05, 3.63) is 95.9 Å². The number of pyridine rings is 1. The summed E-state index contributed by atoms with van der Waals surface area (Å²) < 4.78 is 2.12. The van der Waals surface area contributed by atoms with Crippen molar-refractivity contribution in [1.29, 1.82) is 0 Å². The van der Waals surface area contributed by atoms with Crippen LogP contribution >= 0.6 is 0 Å². The van der Waals surface area contributed by atoms with E-state index >= 15 is 0 Å². The topological polar surface area (TPSA) is 59.8 Å². The first-order valence-corrected chi connectivity index (χ1v) is 10.4. The van der Waals surface area contributed by atoms with Gasteiger partial charge in [-0.05, 0) is 36.1 Å². The SMILES string of the molecule is O=C(CCc1nc2cccnc2n1Cc1ccccc1)NCCCc1ccccc1. The maximum absolute atomic E-state index is 12.3. The minimum atomic E-state index is 0.0642. The highest BCUT2D eigenvalue weighted by Crippen LogP contribution is 2.17. The Labute approximate surface area is 176 Å². The van der Waals surface area contributed by atoms with Gasteiger partial charge in [-0.1, -0.05) is 60.7 Å². The Hall–Kier alpha value is -3.47. The van der Waals surface area contributed by atoms with Gasteiger partial charge in [-0.25, -0.2) is 9.97 Å². The van der Waals surface area contributed by atoms with Gasteiger partial charge in [0.25, 0.3) is 0 Å². The summed E-state index contributed by atoms with van der Waals surface area (Å²) in [6.07, 6.45) is 4.71. The van der Waals surface area contributed by atoms with Crippen LogP contribution < -0.4 is 5.32 Å². The van der Waals surface area contributed by atoms with Crippen LogP contribution in [-0.4, -0.2) is 27.0 Å². The number of hydrogen-bond donors (Lipinski definition) is 1. The molecule has 2 aromatic carbocycles. The average molecular weight is 399 g/mol. The Kier molecular flexibility index (Phi) is 6.50. The molecule has 0 aliphatic heterocycles. The standard InChI is InChI=1S/C25H26N4O/c30-24(26-17-7-13-20-9-3-1-4-10-20)16-15-23-28-22-14-8-18-27-25(22)29(23)19-21-11-5-2-6-12-21/h1-6,8-12,14,18H,7,13,15-17,19H2,(H,26,30). The van der Waals surface area contributed by atoms with E-state index in [1.165, 1.54) is 11.1 Å². The molecule has 2 heterocycles. The molecule has 0 spiro atoms. The fourth-order valence-electron chi connectivity index (χ4n) is 3.61. The van der Waals surface area contributed by atoms with Gasteiger partial charge in [0.1, 0.15) is 11.3 Å². The third-order valence-electron chi connectivity index (χ3n) is 5.15. The van der Waals surface area contributed by atoms with Gasteiger partial charge in [-0.2, -0.15) is 0 Å². The van der Waals surface area contributed by atoms with Crippen LogP contribution in [0, 0.1) is 0 Å². The smallest absolute Gasteiger partial charge is 0.220 e. The third kappa shape index (κ3) is 5.11. The number of aromatic nitrogens is 3. The molecule has 1 N–H and O–H groups in total. The highest BCUT2D eigenvalue weighted by Gasteiger charge is 2.13. The number of hydrogen-bond acceptors (Lipinski definition) is 3. The van der Waals surface area contributed by atoms with Crippen LogP contribution in [0.5, 0.6) is 0 Å². The van der Waals surface area contributed by atoms with Gasteiger partial charge in [-0.3, -0.25) is 4.79 Å². The fourth-order valence-corrected chi connectivity index (χ4v) is 3.61. The van der Waals surface area contributed by atoms with Crippen LogP contribution in [-0.2, 0) is 24.2 Å². The monoisotopic (exact) mass is 398 g/mol. The molecule has 1 amide bonds. The predicted octanol–water partition coefficient (Wildman–Crippen LogP) is 4.16. The summed E-state index contributed by atoms with van der Waals surface area (Å²) in [5, 5.41) is 3.03. The van der Waals surface area contributed by atoms with E-state index < -0.39 is 0 Å². The number of nitrogens with zero attached hydrogens (tertiary/aromatic N) is 3. The van der Waals surface area contributed by atoms with Crippen LogP contribution in [0.15, 0.2) is 79.0 Å². The number of carbonyl (C=O) groups excluding carboxylic acids is 1. The fraction of sp³-hybridized carbons (Fsp3) is 0.240. The maximum Gasteiger partial charge on any atom is 0.220 e. The van der Waals surface area contributed by atoms with E-state index in [0.29, 0.717) is 25.9 Å². The quantitative estimate of drug-likeness (QED) is 0.431. The molecule has 5 nitrogen and oxygen atoms in total. The first-order valence-electron chi connectivity index (χ1n) is 10.4. The summed E-state index contributed by atoms with van der Waals surface area (Å²) in [5.41, 5.74) is 4.22. The molecule has 30 heavy (non-hydrogen) atoms. The molecule has 0 saturated carbocycles. The first-order chi connectivity index (χ1) is 14.8. The average Bonchev–Trinajstić information content (AvgIpc) is 3.14. The van der Waals surface area contributed by atoms with Gasteiger partial charge in [0.15, 0.2) is 5.65 Å². The lowest BCUT2D eigenvalue weighted by Crippen LogP contribution is -2.25. The molecule has 0 bridgehead atoms. The number of amides is 1. The molecular weight excluding hydrogens is 372 g/mol. The van der Waals surface area contributed by atoms with Gasteiger partial charge in [0, 0.05) is 25.6 Å². The zero-order valence-electron chi connectivity index (χ0n) is 17.0. The van der Waals surface area contributed by atoms with Crippen molar-refractivity contribution in [2.75, 3.05) is 6.54 Å². The minimum Gasteiger partial charge on any atom is -0.356 e. The molecule has 0 aliphatic carbocycles. The molecule has 0 atom stereocenters. The molecule has 0 radical (unpaired) electrons. The second-order valence-corrected chi connectivity index (χ2v) is 7.39. The Morgan fingerprint density at radius 1 is 0.867 bits per heavy atom. The van der Waals surface area contributed by atoms with Crippen LogP contribution in [0.2, 0.25) is 0 Å². The van der Waals surface area contributed by atoms with Crippen molar-refractivity contribution in [3.8, 4) is 0 Å². The molecule has 4 aromatic rings. The van der Waals surface area contributed by atoms with Crippen molar-refractivity contribution in [3.63, 3.8) is 0 Å². The molecule has 152 valence electrons. The summed E-state index contributed by atoms with van der Waals surface area (Å²) in [4.78, 5) is 21.6. The predicted molar refractivity (Wildman–Crippen MR) is 119 cm³/mol. The summed E-state index contributed by atoms with van der Waals surface area (Å²) >= 11 is 0. The Morgan fingerprint density at radius 2 is 1.60 bits per heavy atom. The second kappa shape index (κ2) is 9.83. The number of rotatable bonds is 9. The van der Waals surface area contributed by atoms with E-state index in [0.717, 1.165) is 29.8 Å². The van der Waals surface area contributed by atoms with Crippen molar-refractivity contribution in [2.24, 2.45) is 0 Å². The maximum atomic E-state index is 12.3. The van der Waals surface area contributed by atoms with Crippen LogP contribution in [0.25, 0.3) is 11.2 Å². The molecular formula is C25H26N4O. The zero-order valence-corrected chi connectivity index (χ0v) is 17.0. The molecule has 0 unspecified atom stereocenters. The summed E-state index contributed by atoms with van der Waals surface area (Å²) in [7, 11) is 0. The van der Waals surface area contributed by atoms with E-state index in [2.05, 4.69) is 39.1 Å². The molecule has 4 rings (SSSR count). The molecule has 2 aromatic heterocycles. The second-order valence-electron chi connectivity index (χ2n) is 7.39. The van der Waals surface area contributed by atoms with Gasteiger partial charge in [0.2, 0.25) is 5.91 Å². The zero-order chi connectivity index (χ0) is 20.6. The number of carbonyl (C=O) groups is 1. The minimum absolute atomic E-state index is 0.0642. The lowest BCUT2D eigenvalue weighted by Gasteiger charge is -2.09. The Bertz CT molecular complexity index is 1090. The van der Waals surface area contributed by atoms with Crippen LogP contribution in [0.1, 0.15) is 29.8 Å². The highest BCUT2D eigenvalue weighted by molar-refractivity contribution is 5.76. The Balaban J connectivity index is 1.35. The summed E-state index contributed by atoms with van der Waals surface area (Å²) in [5.74, 6) is 0.960. The molecule has 0 aliphatic rings. The summed E-state index contributed by atoms with van der Waals surface area (Å²) in [6, 6.07) is 24.5. The van der Waals surface area contributed by atoms with E-state index in [1.807, 2.05) is 48.5 Å². The highest BCUT2D eigenvalue weighted by atomic mass is 16.1.